The van der Waals surface area contributed by atoms with E-state index >= 15 is 0 Å². The highest BCUT2D eigenvalue weighted by Gasteiger charge is 2.66. The molecule has 0 unspecified atom stereocenters. The number of amides is 2. The SMILES string of the molecule is CNC(=O)[C@@H]1C[C@@]2(C[C@@H]2C(=O)N2CCc3ccccc3C2)CN1S(=O)(=O)c1ccccc1. The van der Waals surface area contributed by atoms with Gasteiger partial charge in [-0.25, -0.2) is 8.42 Å². The minimum absolute atomic E-state index is 0.0779. The van der Waals surface area contributed by atoms with Crippen LogP contribution >= 0.6 is 0 Å². The first-order valence-electron chi connectivity index (χ1n) is 11.0. The van der Waals surface area contributed by atoms with Crippen LogP contribution < -0.4 is 5.32 Å². The van der Waals surface area contributed by atoms with Crippen molar-refractivity contribution in [3.05, 3.63) is 65.7 Å². The first kappa shape index (κ1) is 21.2. The summed E-state index contributed by atoms with van der Waals surface area (Å²) in [6, 6.07) is 15.6. The van der Waals surface area contributed by atoms with Crippen LogP contribution in [0.1, 0.15) is 24.0 Å². The molecule has 2 aliphatic heterocycles. The van der Waals surface area contributed by atoms with Crippen molar-refractivity contribution in [2.45, 2.75) is 36.7 Å². The molecule has 5 rings (SSSR count). The van der Waals surface area contributed by atoms with Crippen molar-refractivity contribution in [3.8, 4) is 0 Å². The molecule has 1 aliphatic carbocycles. The Bertz CT molecular complexity index is 1170. The molecule has 1 N–H and O–H groups in total. The number of hydrogen-bond acceptors (Lipinski definition) is 4. The molecular formula is C24H27N3O4S. The fraction of sp³-hybridized carbons (Fsp3) is 0.417. The molecule has 32 heavy (non-hydrogen) atoms. The molecule has 2 heterocycles. The summed E-state index contributed by atoms with van der Waals surface area (Å²) in [5.41, 5.74) is 1.99. The summed E-state index contributed by atoms with van der Waals surface area (Å²) in [5, 5.41) is 2.60. The monoisotopic (exact) mass is 453 g/mol. The number of carbonyl (C=O) groups is 2. The van der Waals surface area contributed by atoms with Gasteiger partial charge in [-0.3, -0.25) is 9.59 Å². The van der Waals surface area contributed by atoms with Gasteiger partial charge in [-0.05, 0) is 47.9 Å². The predicted octanol–water partition coefficient (Wildman–Crippen LogP) is 1.79. The summed E-state index contributed by atoms with van der Waals surface area (Å²) >= 11 is 0. The highest BCUT2D eigenvalue weighted by Crippen LogP contribution is 2.61. The van der Waals surface area contributed by atoms with E-state index in [1.165, 1.54) is 22.5 Å². The number of rotatable bonds is 4. The van der Waals surface area contributed by atoms with E-state index < -0.39 is 21.5 Å². The molecule has 168 valence electrons. The fourth-order valence-electron chi connectivity index (χ4n) is 5.34. The van der Waals surface area contributed by atoms with Gasteiger partial charge in [-0.1, -0.05) is 42.5 Å². The van der Waals surface area contributed by atoms with Gasteiger partial charge in [0.2, 0.25) is 21.8 Å². The molecular weight excluding hydrogens is 426 g/mol. The molecule has 3 aliphatic rings. The number of nitrogens with one attached hydrogen (secondary N) is 1. The van der Waals surface area contributed by atoms with Crippen LogP contribution in [0.25, 0.3) is 0 Å². The lowest BCUT2D eigenvalue weighted by Gasteiger charge is -2.29. The van der Waals surface area contributed by atoms with Crippen LogP contribution in [0, 0.1) is 11.3 Å². The van der Waals surface area contributed by atoms with Gasteiger partial charge >= 0.3 is 0 Å². The van der Waals surface area contributed by atoms with Gasteiger partial charge in [0.15, 0.2) is 0 Å². The lowest BCUT2D eigenvalue weighted by Crippen LogP contribution is -2.44. The maximum Gasteiger partial charge on any atom is 0.243 e. The van der Waals surface area contributed by atoms with Crippen molar-refractivity contribution in [1.82, 2.24) is 14.5 Å². The molecule has 2 aromatic rings. The second-order valence-corrected chi connectivity index (χ2v) is 11.0. The van der Waals surface area contributed by atoms with E-state index in [1.807, 2.05) is 17.0 Å². The summed E-state index contributed by atoms with van der Waals surface area (Å²) in [7, 11) is -2.33. The number of nitrogens with zero attached hydrogens (tertiary/aromatic N) is 2. The maximum atomic E-state index is 13.4. The molecule has 1 spiro atoms. The van der Waals surface area contributed by atoms with E-state index in [-0.39, 0.29) is 29.2 Å². The summed E-state index contributed by atoms with van der Waals surface area (Å²) in [5.74, 6) is -0.489. The Morgan fingerprint density at radius 1 is 1.00 bits per heavy atom. The second kappa shape index (κ2) is 7.71. The zero-order valence-electron chi connectivity index (χ0n) is 18.0. The molecule has 7 nitrogen and oxygen atoms in total. The fourth-order valence-corrected chi connectivity index (χ4v) is 7.05. The van der Waals surface area contributed by atoms with Gasteiger partial charge in [0, 0.05) is 32.6 Å². The van der Waals surface area contributed by atoms with E-state index in [0.29, 0.717) is 25.9 Å². The molecule has 2 fully saturated rings. The Morgan fingerprint density at radius 3 is 2.41 bits per heavy atom. The number of sulfonamides is 1. The van der Waals surface area contributed by atoms with Crippen LogP contribution in [0.2, 0.25) is 0 Å². The van der Waals surface area contributed by atoms with Gasteiger partial charge < -0.3 is 10.2 Å². The zero-order valence-corrected chi connectivity index (χ0v) is 18.8. The number of likely N-dealkylation sites (N-methyl/N-ethyl adjacent to an activating group) is 1. The van der Waals surface area contributed by atoms with Crippen molar-refractivity contribution in [2.24, 2.45) is 11.3 Å². The van der Waals surface area contributed by atoms with Crippen LogP contribution in [0.5, 0.6) is 0 Å². The molecule has 0 bridgehead atoms. The Hall–Kier alpha value is -2.71. The highest BCUT2D eigenvalue weighted by molar-refractivity contribution is 7.89. The largest absolute Gasteiger partial charge is 0.358 e. The van der Waals surface area contributed by atoms with Crippen molar-refractivity contribution >= 4 is 21.8 Å². The van der Waals surface area contributed by atoms with Crippen LogP contribution in [-0.4, -0.2) is 55.6 Å². The Balaban J connectivity index is 1.37. The van der Waals surface area contributed by atoms with Gasteiger partial charge in [0.25, 0.3) is 0 Å². The third-order valence-corrected chi connectivity index (χ3v) is 9.12. The molecule has 3 atom stereocenters. The maximum absolute atomic E-state index is 13.4. The van der Waals surface area contributed by atoms with Gasteiger partial charge in [0.1, 0.15) is 6.04 Å². The van der Waals surface area contributed by atoms with Crippen molar-refractivity contribution in [3.63, 3.8) is 0 Å². The van der Waals surface area contributed by atoms with Crippen LogP contribution in [0.15, 0.2) is 59.5 Å². The van der Waals surface area contributed by atoms with E-state index in [0.717, 1.165) is 6.42 Å². The average molecular weight is 454 g/mol. The van der Waals surface area contributed by atoms with E-state index in [1.54, 1.807) is 30.3 Å². The van der Waals surface area contributed by atoms with Crippen molar-refractivity contribution in [2.75, 3.05) is 20.1 Å². The zero-order chi connectivity index (χ0) is 22.5. The smallest absolute Gasteiger partial charge is 0.243 e. The predicted molar refractivity (Wildman–Crippen MR) is 119 cm³/mol. The van der Waals surface area contributed by atoms with Crippen molar-refractivity contribution < 1.29 is 18.0 Å². The highest BCUT2D eigenvalue weighted by atomic mass is 32.2. The Morgan fingerprint density at radius 2 is 1.69 bits per heavy atom. The van der Waals surface area contributed by atoms with Crippen molar-refractivity contribution in [1.29, 1.82) is 0 Å². The van der Waals surface area contributed by atoms with E-state index in [9.17, 15) is 18.0 Å². The van der Waals surface area contributed by atoms with Gasteiger partial charge in [-0.15, -0.1) is 0 Å². The third-order valence-electron chi connectivity index (χ3n) is 7.25. The standard InChI is InChI=1S/C24H27N3O4S/c1-25-22(28)21-14-24(16-27(21)32(30,31)19-9-3-2-4-10-19)13-20(24)23(29)26-12-11-17-7-5-6-8-18(17)15-26/h2-10,20-21H,11-16H2,1H3,(H,25,28)/t20-,21+,24+/m1/s1. The van der Waals surface area contributed by atoms with Gasteiger partial charge in [-0.2, -0.15) is 4.31 Å². The number of benzene rings is 2. The summed E-state index contributed by atoms with van der Waals surface area (Å²) in [4.78, 5) is 28.0. The Labute approximate surface area is 188 Å². The van der Waals surface area contributed by atoms with E-state index in [2.05, 4.69) is 17.4 Å². The first-order chi connectivity index (χ1) is 15.4. The van der Waals surface area contributed by atoms with Gasteiger partial charge in [0.05, 0.1) is 4.90 Å². The minimum Gasteiger partial charge on any atom is -0.358 e. The van der Waals surface area contributed by atoms with Crippen LogP contribution in [0.4, 0.5) is 0 Å². The summed E-state index contributed by atoms with van der Waals surface area (Å²) in [6.07, 6.45) is 1.83. The second-order valence-electron chi connectivity index (χ2n) is 9.10. The normalized spacial score (nSPS) is 27.2. The van der Waals surface area contributed by atoms with Crippen LogP contribution in [-0.2, 0) is 32.6 Å². The summed E-state index contributed by atoms with van der Waals surface area (Å²) in [6.45, 7) is 1.46. The lowest BCUT2D eigenvalue weighted by atomic mass is 9.96. The van der Waals surface area contributed by atoms with Crippen LogP contribution in [0.3, 0.4) is 0 Å². The lowest BCUT2D eigenvalue weighted by molar-refractivity contribution is -0.134. The van der Waals surface area contributed by atoms with E-state index in [4.69, 9.17) is 0 Å². The molecule has 2 amide bonds. The third kappa shape index (κ3) is 3.42. The molecule has 1 saturated heterocycles. The first-order valence-corrected chi connectivity index (χ1v) is 12.4. The number of hydrogen-bond donors (Lipinski definition) is 1. The number of carbonyl (C=O) groups excluding carboxylic acids is 2. The Kier molecular flexibility index (Phi) is 5.09. The molecule has 2 aromatic carbocycles. The topological polar surface area (TPSA) is 86.8 Å². The molecule has 8 heteroatoms. The minimum atomic E-state index is -3.84. The quantitative estimate of drug-likeness (QED) is 0.765. The molecule has 0 radical (unpaired) electrons. The average Bonchev–Trinajstić information content (AvgIpc) is 3.38. The molecule has 0 aromatic heterocycles. The number of fused-ring (bicyclic) bond motifs is 1. The summed E-state index contributed by atoms with van der Waals surface area (Å²) < 4.78 is 28.0. The molecule has 1 saturated carbocycles.